The molecule has 0 aliphatic carbocycles. The first-order valence-corrected chi connectivity index (χ1v) is 9.73. The Kier molecular flexibility index (Phi) is 4.80. The molecule has 0 bridgehead atoms. The smallest absolute Gasteiger partial charge is 0.235 e. The van der Waals surface area contributed by atoms with Crippen LogP contribution in [0.1, 0.15) is 25.7 Å². The molecule has 0 spiro atoms. The van der Waals surface area contributed by atoms with E-state index in [9.17, 15) is 8.42 Å². The van der Waals surface area contributed by atoms with Crippen LogP contribution in [0.2, 0.25) is 5.02 Å². The van der Waals surface area contributed by atoms with Crippen molar-refractivity contribution in [2.75, 3.05) is 35.1 Å². The van der Waals surface area contributed by atoms with E-state index in [2.05, 4.69) is 9.62 Å². The van der Waals surface area contributed by atoms with Crippen molar-refractivity contribution in [3.63, 3.8) is 0 Å². The molecule has 122 valence electrons. The van der Waals surface area contributed by atoms with Crippen LogP contribution in [-0.2, 0) is 14.8 Å². The molecule has 7 heteroatoms. The monoisotopic (exact) mass is 344 g/mol. The first-order chi connectivity index (χ1) is 10.5. The van der Waals surface area contributed by atoms with Gasteiger partial charge in [0.05, 0.1) is 28.3 Å². The summed E-state index contributed by atoms with van der Waals surface area (Å²) in [6, 6.07) is 5.34. The van der Waals surface area contributed by atoms with Crippen LogP contribution in [-0.4, -0.2) is 40.0 Å². The lowest BCUT2D eigenvalue weighted by Crippen LogP contribution is -2.25. The number of hydrogen-bond acceptors (Lipinski definition) is 4. The summed E-state index contributed by atoms with van der Waals surface area (Å²) in [5, 5.41) is 0.583. The minimum Gasteiger partial charge on any atom is -0.377 e. The summed E-state index contributed by atoms with van der Waals surface area (Å²) in [5.74, 6) is -0.00149. The van der Waals surface area contributed by atoms with Gasteiger partial charge in [0.25, 0.3) is 0 Å². The van der Waals surface area contributed by atoms with Crippen molar-refractivity contribution in [1.29, 1.82) is 0 Å². The highest BCUT2D eigenvalue weighted by Gasteiger charge is 2.23. The minimum absolute atomic E-state index is 0.00149. The maximum Gasteiger partial charge on any atom is 0.235 e. The summed E-state index contributed by atoms with van der Waals surface area (Å²) < 4.78 is 32.3. The Morgan fingerprint density at radius 2 is 2.05 bits per heavy atom. The number of sulfonamides is 1. The number of anilines is 2. The Hall–Kier alpha value is -0.980. The van der Waals surface area contributed by atoms with Gasteiger partial charge < -0.3 is 9.64 Å². The van der Waals surface area contributed by atoms with E-state index in [-0.39, 0.29) is 11.9 Å². The fourth-order valence-electron chi connectivity index (χ4n) is 3.03. The van der Waals surface area contributed by atoms with Crippen LogP contribution in [0.25, 0.3) is 0 Å². The predicted molar refractivity (Wildman–Crippen MR) is 89.3 cm³/mol. The van der Waals surface area contributed by atoms with E-state index in [1.807, 2.05) is 6.07 Å². The Morgan fingerprint density at radius 3 is 2.68 bits per heavy atom. The number of ether oxygens (including phenoxy) is 1. The van der Waals surface area contributed by atoms with Gasteiger partial charge in [0.1, 0.15) is 0 Å². The summed E-state index contributed by atoms with van der Waals surface area (Å²) in [6.45, 7) is 2.66. The van der Waals surface area contributed by atoms with E-state index in [1.54, 1.807) is 12.1 Å². The van der Waals surface area contributed by atoms with E-state index in [1.165, 1.54) is 12.8 Å². The number of benzene rings is 1. The summed E-state index contributed by atoms with van der Waals surface area (Å²) in [6.07, 6.45) is 3.88. The molecule has 1 atom stereocenters. The molecule has 0 aromatic heterocycles. The molecule has 0 radical (unpaired) electrons. The maximum atomic E-state index is 12.2. The third-order valence-electron chi connectivity index (χ3n) is 4.10. The van der Waals surface area contributed by atoms with Crippen LogP contribution in [0.3, 0.4) is 0 Å². The zero-order valence-corrected chi connectivity index (χ0v) is 14.0. The molecule has 0 saturated carbocycles. The second kappa shape index (κ2) is 6.64. The largest absolute Gasteiger partial charge is 0.377 e. The van der Waals surface area contributed by atoms with Crippen molar-refractivity contribution in [2.45, 2.75) is 31.8 Å². The van der Waals surface area contributed by atoms with Gasteiger partial charge in [0.2, 0.25) is 10.0 Å². The topological polar surface area (TPSA) is 58.6 Å². The van der Waals surface area contributed by atoms with Gasteiger partial charge in [-0.3, -0.25) is 4.72 Å². The molecule has 2 saturated heterocycles. The highest BCUT2D eigenvalue weighted by atomic mass is 35.5. The summed E-state index contributed by atoms with van der Waals surface area (Å²) in [4.78, 5) is 2.23. The molecule has 2 aliphatic heterocycles. The first kappa shape index (κ1) is 15.9. The fraction of sp³-hybridized carbons (Fsp3) is 0.600. The number of nitrogens with zero attached hydrogens (tertiary/aromatic N) is 1. The van der Waals surface area contributed by atoms with Gasteiger partial charge in [-0.1, -0.05) is 11.6 Å². The van der Waals surface area contributed by atoms with Gasteiger partial charge in [-0.2, -0.15) is 0 Å². The van der Waals surface area contributed by atoms with Crippen LogP contribution in [0.5, 0.6) is 0 Å². The average molecular weight is 345 g/mol. The molecule has 2 aliphatic rings. The lowest BCUT2D eigenvalue weighted by atomic mass is 10.2. The van der Waals surface area contributed by atoms with Crippen molar-refractivity contribution < 1.29 is 13.2 Å². The third-order valence-corrected chi connectivity index (χ3v) is 5.76. The van der Waals surface area contributed by atoms with Gasteiger partial charge in [0, 0.05) is 19.7 Å². The summed E-state index contributed by atoms with van der Waals surface area (Å²) in [7, 11) is -3.41. The summed E-state index contributed by atoms with van der Waals surface area (Å²) >= 11 is 6.31. The van der Waals surface area contributed by atoms with E-state index in [4.69, 9.17) is 16.3 Å². The number of hydrogen-bond donors (Lipinski definition) is 1. The van der Waals surface area contributed by atoms with E-state index in [0.29, 0.717) is 17.3 Å². The molecule has 3 rings (SSSR count). The molecule has 22 heavy (non-hydrogen) atoms. The molecule has 2 fully saturated rings. The van der Waals surface area contributed by atoms with Gasteiger partial charge in [-0.05, 0) is 43.9 Å². The molecule has 0 amide bonds. The van der Waals surface area contributed by atoms with Gasteiger partial charge in [0.15, 0.2) is 0 Å². The number of halogens is 1. The van der Waals surface area contributed by atoms with Crippen LogP contribution in [0.15, 0.2) is 18.2 Å². The van der Waals surface area contributed by atoms with Crippen molar-refractivity contribution >= 4 is 33.0 Å². The minimum atomic E-state index is -3.41. The standard InChI is InChI=1S/C15H21ClN2O3S/c16-14-10-12(5-6-15(14)18-7-1-2-8-18)17-22(19,20)11-13-4-3-9-21-13/h5-6,10,13,17H,1-4,7-9,11H2/t13-/m0/s1. The lowest BCUT2D eigenvalue weighted by molar-refractivity contribution is 0.127. The Labute approximate surface area is 136 Å². The predicted octanol–water partition coefficient (Wildman–Crippen LogP) is 2.86. The van der Waals surface area contributed by atoms with Crippen LogP contribution >= 0.6 is 11.6 Å². The molecular weight excluding hydrogens is 324 g/mol. The van der Waals surface area contributed by atoms with E-state index < -0.39 is 10.0 Å². The van der Waals surface area contributed by atoms with Crippen LogP contribution in [0.4, 0.5) is 11.4 Å². The molecule has 2 heterocycles. The van der Waals surface area contributed by atoms with E-state index >= 15 is 0 Å². The second-order valence-corrected chi connectivity index (χ2v) is 8.05. The Balaban J connectivity index is 1.68. The van der Waals surface area contributed by atoms with Gasteiger partial charge in [-0.15, -0.1) is 0 Å². The Bertz CT molecular complexity index is 624. The average Bonchev–Trinajstić information content (AvgIpc) is 3.10. The van der Waals surface area contributed by atoms with Gasteiger partial charge in [-0.25, -0.2) is 8.42 Å². The first-order valence-electron chi connectivity index (χ1n) is 7.70. The number of nitrogens with one attached hydrogen (secondary N) is 1. The molecule has 0 unspecified atom stereocenters. The highest BCUT2D eigenvalue weighted by molar-refractivity contribution is 7.92. The van der Waals surface area contributed by atoms with Crippen LogP contribution < -0.4 is 9.62 Å². The second-order valence-electron chi connectivity index (χ2n) is 5.88. The zero-order chi connectivity index (χ0) is 15.6. The zero-order valence-electron chi connectivity index (χ0n) is 12.4. The van der Waals surface area contributed by atoms with Crippen molar-refractivity contribution in [3.05, 3.63) is 23.2 Å². The third kappa shape index (κ3) is 3.86. The molecular formula is C15H21ClN2O3S. The quantitative estimate of drug-likeness (QED) is 0.892. The van der Waals surface area contributed by atoms with Crippen LogP contribution in [0, 0.1) is 0 Å². The lowest BCUT2D eigenvalue weighted by Gasteiger charge is -2.20. The highest BCUT2D eigenvalue weighted by Crippen LogP contribution is 2.31. The normalized spacial score (nSPS) is 22.2. The molecule has 1 aromatic rings. The SMILES string of the molecule is O=S(=O)(C[C@@H]1CCCO1)Nc1ccc(N2CCCC2)c(Cl)c1. The Morgan fingerprint density at radius 1 is 1.27 bits per heavy atom. The van der Waals surface area contributed by atoms with Crippen molar-refractivity contribution in [2.24, 2.45) is 0 Å². The summed E-state index contributed by atoms with van der Waals surface area (Å²) in [5.41, 5.74) is 1.48. The van der Waals surface area contributed by atoms with Crippen molar-refractivity contribution in [1.82, 2.24) is 0 Å². The van der Waals surface area contributed by atoms with Crippen molar-refractivity contribution in [3.8, 4) is 0 Å². The molecule has 1 N–H and O–H groups in total. The molecule has 1 aromatic carbocycles. The van der Waals surface area contributed by atoms with E-state index in [0.717, 1.165) is 31.6 Å². The van der Waals surface area contributed by atoms with Gasteiger partial charge >= 0.3 is 0 Å². The molecule has 5 nitrogen and oxygen atoms in total. The number of rotatable bonds is 5. The maximum absolute atomic E-state index is 12.2. The fourth-order valence-corrected chi connectivity index (χ4v) is 4.65.